The Balaban J connectivity index is 1.90. The molecule has 0 aliphatic rings. The molecule has 0 spiro atoms. The van der Waals surface area contributed by atoms with Crippen molar-refractivity contribution in [1.82, 2.24) is 20.1 Å². The molecule has 0 fully saturated rings. The van der Waals surface area contributed by atoms with Crippen LogP contribution in [0.25, 0.3) is 0 Å². The summed E-state index contributed by atoms with van der Waals surface area (Å²) in [7, 11) is 1.64. The van der Waals surface area contributed by atoms with E-state index in [9.17, 15) is 4.79 Å². The number of hydrogen-bond donors (Lipinski definition) is 1. The maximum Gasteiger partial charge on any atom is 0.258 e. The summed E-state index contributed by atoms with van der Waals surface area (Å²) < 4.78 is 12.5. The highest BCUT2D eigenvalue weighted by molar-refractivity contribution is 5.77. The molecule has 0 saturated heterocycles. The third-order valence-corrected chi connectivity index (χ3v) is 3.86. The number of nitrogens with zero attached hydrogens (tertiary/aromatic N) is 3. The molecular weight excluding hydrogens is 308 g/mol. The highest BCUT2D eigenvalue weighted by Crippen LogP contribution is 2.20. The zero-order valence-electron chi connectivity index (χ0n) is 14.6. The first-order valence-corrected chi connectivity index (χ1v) is 7.88. The maximum atomic E-state index is 12.1. The molecule has 0 bridgehead atoms. The fourth-order valence-corrected chi connectivity index (χ4v) is 2.33. The number of aryl methyl sites for hydroxylation is 1. The Kier molecular flexibility index (Phi) is 6.31. The summed E-state index contributed by atoms with van der Waals surface area (Å²) in [6.07, 6.45) is 1.63. The number of carbonyl (C=O) groups is 1. The van der Waals surface area contributed by atoms with E-state index < -0.39 is 0 Å². The van der Waals surface area contributed by atoms with Gasteiger partial charge in [0, 0.05) is 13.7 Å². The first-order valence-electron chi connectivity index (χ1n) is 7.88. The monoisotopic (exact) mass is 332 g/mol. The number of amides is 1. The van der Waals surface area contributed by atoms with Gasteiger partial charge in [-0.2, -0.15) is 0 Å². The minimum absolute atomic E-state index is 0.0408. The van der Waals surface area contributed by atoms with E-state index in [2.05, 4.69) is 15.5 Å². The summed E-state index contributed by atoms with van der Waals surface area (Å²) >= 11 is 0. The first kappa shape index (κ1) is 17.9. The lowest BCUT2D eigenvalue weighted by molar-refractivity contribution is -0.123. The highest BCUT2D eigenvalue weighted by atomic mass is 16.5. The van der Waals surface area contributed by atoms with Crippen molar-refractivity contribution in [3.63, 3.8) is 0 Å². The zero-order valence-corrected chi connectivity index (χ0v) is 14.6. The average molecular weight is 332 g/mol. The van der Waals surface area contributed by atoms with Gasteiger partial charge < -0.3 is 19.4 Å². The van der Waals surface area contributed by atoms with E-state index in [1.807, 2.05) is 43.5 Å². The van der Waals surface area contributed by atoms with E-state index >= 15 is 0 Å². The Bertz CT molecular complexity index is 684. The van der Waals surface area contributed by atoms with E-state index in [1.54, 1.807) is 13.4 Å². The number of benzene rings is 1. The molecule has 7 nitrogen and oxygen atoms in total. The molecular formula is C17H24N4O3. The summed E-state index contributed by atoms with van der Waals surface area (Å²) in [5, 5.41) is 10.8. The Morgan fingerprint density at radius 2 is 2.17 bits per heavy atom. The lowest BCUT2D eigenvalue weighted by Crippen LogP contribution is -2.33. The molecule has 1 amide bonds. The van der Waals surface area contributed by atoms with Crippen molar-refractivity contribution in [3.8, 4) is 5.75 Å². The fraction of sp³-hybridized carbons (Fsp3) is 0.471. The van der Waals surface area contributed by atoms with Crippen molar-refractivity contribution in [2.24, 2.45) is 0 Å². The van der Waals surface area contributed by atoms with Crippen LogP contribution in [0.15, 0.2) is 24.5 Å². The van der Waals surface area contributed by atoms with Crippen molar-refractivity contribution in [2.45, 2.75) is 33.4 Å². The number of carbonyl (C=O) groups excluding carboxylic acids is 1. The van der Waals surface area contributed by atoms with Gasteiger partial charge in [0.15, 0.2) is 12.4 Å². The standard InChI is InChI=1S/C17H24N4O3/c1-12-6-5-7-15(13(12)2)24-10-16(22)19-14(3)17-20-18-11-21(17)8-9-23-4/h5-7,11,14H,8-10H2,1-4H3,(H,19,22). The Morgan fingerprint density at radius 1 is 1.38 bits per heavy atom. The van der Waals surface area contributed by atoms with Crippen LogP contribution >= 0.6 is 0 Å². The van der Waals surface area contributed by atoms with Gasteiger partial charge in [0.2, 0.25) is 0 Å². The molecule has 1 heterocycles. The molecule has 130 valence electrons. The van der Waals surface area contributed by atoms with Gasteiger partial charge in [0.1, 0.15) is 12.1 Å². The lowest BCUT2D eigenvalue weighted by atomic mass is 10.1. The number of rotatable bonds is 8. The van der Waals surface area contributed by atoms with Crippen molar-refractivity contribution in [3.05, 3.63) is 41.5 Å². The number of hydrogen-bond acceptors (Lipinski definition) is 5. The molecule has 1 aromatic heterocycles. The van der Waals surface area contributed by atoms with Gasteiger partial charge in [-0.3, -0.25) is 4.79 Å². The van der Waals surface area contributed by atoms with Gasteiger partial charge >= 0.3 is 0 Å². The third-order valence-electron chi connectivity index (χ3n) is 3.86. The summed E-state index contributed by atoms with van der Waals surface area (Å²) in [6, 6.07) is 5.52. The summed E-state index contributed by atoms with van der Waals surface area (Å²) in [5.41, 5.74) is 2.17. The minimum Gasteiger partial charge on any atom is -0.483 e. The fourth-order valence-electron chi connectivity index (χ4n) is 2.33. The van der Waals surface area contributed by atoms with Crippen LogP contribution in [0.4, 0.5) is 0 Å². The largest absolute Gasteiger partial charge is 0.483 e. The highest BCUT2D eigenvalue weighted by Gasteiger charge is 2.16. The van der Waals surface area contributed by atoms with Crippen LogP contribution < -0.4 is 10.1 Å². The van der Waals surface area contributed by atoms with Crippen LogP contribution in [0.5, 0.6) is 5.75 Å². The number of aromatic nitrogens is 3. The molecule has 0 saturated carbocycles. The SMILES string of the molecule is COCCn1cnnc1C(C)NC(=O)COc1cccc(C)c1C. The predicted octanol–water partition coefficient (Wildman–Crippen LogP) is 1.80. The lowest BCUT2D eigenvalue weighted by Gasteiger charge is -2.15. The molecule has 24 heavy (non-hydrogen) atoms. The topological polar surface area (TPSA) is 78.3 Å². The molecule has 1 atom stereocenters. The number of nitrogens with one attached hydrogen (secondary N) is 1. The minimum atomic E-state index is -0.265. The van der Waals surface area contributed by atoms with Crippen LogP contribution in [0, 0.1) is 13.8 Å². The Morgan fingerprint density at radius 3 is 2.92 bits per heavy atom. The van der Waals surface area contributed by atoms with Crippen LogP contribution in [0.2, 0.25) is 0 Å². The van der Waals surface area contributed by atoms with Crippen LogP contribution in [-0.2, 0) is 16.1 Å². The molecule has 0 aliphatic heterocycles. The van der Waals surface area contributed by atoms with Gasteiger partial charge in [-0.25, -0.2) is 0 Å². The smallest absolute Gasteiger partial charge is 0.258 e. The van der Waals surface area contributed by atoms with Crippen LogP contribution in [0.1, 0.15) is 29.9 Å². The first-order chi connectivity index (χ1) is 11.5. The van der Waals surface area contributed by atoms with E-state index in [4.69, 9.17) is 9.47 Å². The van der Waals surface area contributed by atoms with Crippen molar-refractivity contribution < 1.29 is 14.3 Å². The van der Waals surface area contributed by atoms with Gasteiger partial charge in [0.05, 0.1) is 12.6 Å². The summed E-state index contributed by atoms with van der Waals surface area (Å²) in [6.45, 7) is 7.00. The molecule has 1 aromatic carbocycles. The normalized spacial score (nSPS) is 12.0. The van der Waals surface area contributed by atoms with Gasteiger partial charge in [-0.05, 0) is 38.0 Å². The molecule has 1 N–H and O–H groups in total. The van der Waals surface area contributed by atoms with Crippen molar-refractivity contribution in [1.29, 1.82) is 0 Å². The van der Waals surface area contributed by atoms with Gasteiger partial charge in [-0.15, -0.1) is 10.2 Å². The van der Waals surface area contributed by atoms with Crippen molar-refractivity contribution >= 4 is 5.91 Å². The second kappa shape index (κ2) is 8.44. The zero-order chi connectivity index (χ0) is 17.5. The number of methoxy groups -OCH3 is 1. The van der Waals surface area contributed by atoms with Crippen molar-refractivity contribution in [2.75, 3.05) is 20.3 Å². The predicted molar refractivity (Wildman–Crippen MR) is 89.9 cm³/mol. The summed E-state index contributed by atoms with van der Waals surface area (Å²) in [5.74, 6) is 1.21. The van der Waals surface area contributed by atoms with Gasteiger partial charge in [-0.1, -0.05) is 12.1 Å². The Labute approximate surface area is 142 Å². The number of ether oxygens (including phenoxy) is 2. The molecule has 0 radical (unpaired) electrons. The third kappa shape index (κ3) is 4.55. The van der Waals surface area contributed by atoms with E-state index in [-0.39, 0.29) is 18.6 Å². The van der Waals surface area contributed by atoms with Crippen LogP contribution in [0.3, 0.4) is 0 Å². The average Bonchev–Trinajstić information content (AvgIpc) is 3.03. The molecule has 2 rings (SSSR count). The quantitative estimate of drug-likeness (QED) is 0.797. The maximum absolute atomic E-state index is 12.1. The van der Waals surface area contributed by atoms with E-state index in [0.717, 1.165) is 16.9 Å². The molecule has 2 aromatic rings. The van der Waals surface area contributed by atoms with E-state index in [1.165, 1.54) is 0 Å². The van der Waals surface area contributed by atoms with E-state index in [0.29, 0.717) is 19.0 Å². The molecule has 7 heteroatoms. The second-order valence-electron chi connectivity index (χ2n) is 5.65. The molecule has 1 unspecified atom stereocenters. The second-order valence-corrected chi connectivity index (χ2v) is 5.65. The summed E-state index contributed by atoms with van der Waals surface area (Å²) in [4.78, 5) is 12.1. The Hall–Kier alpha value is -2.41. The van der Waals surface area contributed by atoms with Gasteiger partial charge in [0.25, 0.3) is 5.91 Å². The molecule has 0 aliphatic carbocycles. The van der Waals surface area contributed by atoms with Crippen LogP contribution in [-0.4, -0.2) is 41.0 Å².